The normalized spacial score (nSPS) is 10.6. The van der Waals surface area contributed by atoms with Gasteiger partial charge >= 0.3 is 0 Å². The van der Waals surface area contributed by atoms with Crippen LogP contribution in [0.25, 0.3) is 11.3 Å². The van der Waals surface area contributed by atoms with Gasteiger partial charge in [-0.15, -0.1) is 0 Å². The van der Waals surface area contributed by atoms with Gasteiger partial charge < -0.3 is 9.73 Å². The molecule has 3 rings (SSSR count). The number of aryl methyl sites for hydroxylation is 1. The van der Waals surface area contributed by atoms with Gasteiger partial charge in [-0.3, -0.25) is 19.9 Å². The van der Waals surface area contributed by atoms with E-state index in [9.17, 15) is 19.3 Å². The Labute approximate surface area is 153 Å². The molecule has 1 aromatic carbocycles. The predicted molar refractivity (Wildman–Crippen MR) is 93.4 cm³/mol. The second kappa shape index (κ2) is 8.17. The minimum Gasteiger partial charge on any atom is -0.443 e. The molecule has 1 amide bonds. The van der Waals surface area contributed by atoms with Crippen molar-refractivity contribution in [2.45, 2.75) is 12.8 Å². The molecule has 0 saturated heterocycles. The van der Waals surface area contributed by atoms with Crippen LogP contribution in [0.3, 0.4) is 0 Å². The summed E-state index contributed by atoms with van der Waals surface area (Å²) >= 11 is 0. The van der Waals surface area contributed by atoms with Gasteiger partial charge in [-0.05, 0) is 36.6 Å². The molecule has 138 valence electrons. The Balaban J connectivity index is 1.59. The van der Waals surface area contributed by atoms with E-state index in [0.717, 1.165) is 18.2 Å². The Morgan fingerprint density at radius 1 is 1.26 bits per heavy atom. The predicted octanol–water partition coefficient (Wildman–Crippen LogP) is 3.15. The first kappa shape index (κ1) is 18.2. The number of rotatable bonds is 7. The van der Waals surface area contributed by atoms with Crippen LogP contribution in [0, 0.1) is 15.9 Å². The van der Waals surface area contributed by atoms with E-state index in [1.54, 1.807) is 6.20 Å². The highest BCUT2D eigenvalue weighted by Gasteiger charge is 2.18. The van der Waals surface area contributed by atoms with Crippen molar-refractivity contribution in [2.24, 2.45) is 0 Å². The van der Waals surface area contributed by atoms with Crippen molar-refractivity contribution in [2.75, 3.05) is 6.54 Å². The van der Waals surface area contributed by atoms with Gasteiger partial charge in [0.2, 0.25) is 0 Å². The van der Waals surface area contributed by atoms with Crippen LogP contribution in [0.1, 0.15) is 22.5 Å². The molecule has 0 atom stereocenters. The molecular weight excluding hydrogens is 355 g/mol. The Morgan fingerprint density at radius 3 is 2.74 bits per heavy atom. The summed E-state index contributed by atoms with van der Waals surface area (Å²) in [6, 6.07) is 7.04. The molecule has 27 heavy (non-hydrogen) atoms. The van der Waals surface area contributed by atoms with Gasteiger partial charge in [-0.1, -0.05) is 0 Å². The zero-order valence-corrected chi connectivity index (χ0v) is 14.1. The van der Waals surface area contributed by atoms with Gasteiger partial charge in [0.1, 0.15) is 5.82 Å². The van der Waals surface area contributed by atoms with Crippen molar-refractivity contribution in [3.8, 4) is 11.3 Å². The number of carbonyl (C=O) groups is 1. The summed E-state index contributed by atoms with van der Waals surface area (Å²) in [6.45, 7) is 0.363. The van der Waals surface area contributed by atoms with Crippen molar-refractivity contribution in [1.82, 2.24) is 15.3 Å². The highest BCUT2D eigenvalue weighted by molar-refractivity contribution is 5.97. The molecule has 8 nitrogen and oxygen atoms in total. The fraction of sp³-hybridized carbons (Fsp3) is 0.167. The van der Waals surface area contributed by atoms with Crippen LogP contribution >= 0.6 is 0 Å². The molecule has 0 aliphatic carbocycles. The number of aromatic nitrogens is 2. The number of carbonyl (C=O) groups excluding carboxylic acids is 1. The van der Waals surface area contributed by atoms with E-state index in [-0.39, 0.29) is 17.1 Å². The van der Waals surface area contributed by atoms with E-state index in [1.807, 2.05) is 0 Å². The first-order valence-corrected chi connectivity index (χ1v) is 8.10. The number of hydrogen-bond acceptors (Lipinski definition) is 6. The Morgan fingerprint density at radius 2 is 2.04 bits per heavy atom. The number of nitro groups is 1. The van der Waals surface area contributed by atoms with Crippen molar-refractivity contribution in [3.63, 3.8) is 0 Å². The zero-order valence-electron chi connectivity index (χ0n) is 14.1. The highest BCUT2D eigenvalue weighted by Crippen LogP contribution is 2.25. The number of halogens is 1. The van der Waals surface area contributed by atoms with Crippen LogP contribution in [-0.2, 0) is 6.42 Å². The third-order valence-corrected chi connectivity index (χ3v) is 3.81. The summed E-state index contributed by atoms with van der Waals surface area (Å²) in [5.74, 6) is -0.585. The first-order valence-electron chi connectivity index (χ1n) is 8.10. The topological polar surface area (TPSA) is 111 Å². The Hall–Kier alpha value is -3.62. The van der Waals surface area contributed by atoms with E-state index in [1.165, 1.54) is 30.3 Å². The summed E-state index contributed by atoms with van der Waals surface area (Å²) < 4.78 is 18.3. The van der Waals surface area contributed by atoms with Gasteiger partial charge in [0.15, 0.2) is 17.8 Å². The molecule has 2 heterocycles. The number of hydrogen-bond donors (Lipinski definition) is 1. The standard InChI is InChI=1S/C18H15FN4O4/c19-14-8-12(9-20-10-14)2-1-7-21-18(24)16-17(27-11-22-16)13-3-5-15(6-4-13)23(25)26/h3-6,8-11H,1-2,7H2,(H,21,24). The second-order valence-corrected chi connectivity index (χ2v) is 5.70. The van der Waals surface area contributed by atoms with Crippen LogP contribution in [0.5, 0.6) is 0 Å². The number of nitrogens with one attached hydrogen (secondary N) is 1. The SMILES string of the molecule is O=C(NCCCc1cncc(F)c1)c1ncoc1-c1ccc([N+](=O)[O-])cc1. The smallest absolute Gasteiger partial charge is 0.273 e. The lowest BCUT2D eigenvalue weighted by atomic mass is 10.1. The average molecular weight is 370 g/mol. The quantitative estimate of drug-likeness (QED) is 0.388. The summed E-state index contributed by atoms with van der Waals surface area (Å²) in [7, 11) is 0. The number of nitro benzene ring substituents is 1. The summed E-state index contributed by atoms with van der Waals surface area (Å²) in [5, 5.41) is 13.4. The number of non-ortho nitro benzene ring substituents is 1. The van der Waals surface area contributed by atoms with Gasteiger partial charge in [0.25, 0.3) is 11.6 Å². The van der Waals surface area contributed by atoms with Gasteiger partial charge in [-0.25, -0.2) is 9.37 Å². The fourth-order valence-corrected chi connectivity index (χ4v) is 2.52. The summed E-state index contributed by atoms with van der Waals surface area (Å²) in [5.41, 5.74) is 1.29. The molecule has 1 N–H and O–H groups in total. The van der Waals surface area contributed by atoms with Crippen LogP contribution in [0.4, 0.5) is 10.1 Å². The van der Waals surface area contributed by atoms with Gasteiger partial charge in [0, 0.05) is 30.4 Å². The van der Waals surface area contributed by atoms with Crippen molar-refractivity contribution in [3.05, 3.63) is 76.3 Å². The highest BCUT2D eigenvalue weighted by atomic mass is 19.1. The van der Waals surface area contributed by atoms with E-state index in [2.05, 4.69) is 15.3 Å². The minimum absolute atomic E-state index is 0.0592. The van der Waals surface area contributed by atoms with E-state index in [0.29, 0.717) is 24.9 Å². The maximum atomic E-state index is 13.1. The number of amides is 1. The molecule has 2 aromatic heterocycles. The largest absolute Gasteiger partial charge is 0.443 e. The number of pyridine rings is 1. The van der Waals surface area contributed by atoms with E-state index in [4.69, 9.17) is 4.42 Å². The minimum atomic E-state index is -0.508. The molecule has 3 aromatic rings. The fourth-order valence-electron chi connectivity index (χ4n) is 2.52. The van der Waals surface area contributed by atoms with Crippen molar-refractivity contribution >= 4 is 11.6 Å². The first-order chi connectivity index (χ1) is 13.0. The monoisotopic (exact) mass is 370 g/mol. The zero-order chi connectivity index (χ0) is 19.2. The Bertz CT molecular complexity index is 956. The molecule has 0 fully saturated rings. The number of oxazole rings is 1. The third kappa shape index (κ3) is 4.51. The molecule has 0 bridgehead atoms. The van der Waals surface area contributed by atoms with Crippen molar-refractivity contribution in [1.29, 1.82) is 0 Å². The average Bonchev–Trinajstić information content (AvgIpc) is 3.15. The molecule has 0 aliphatic heterocycles. The molecule has 9 heteroatoms. The lowest BCUT2D eigenvalue weighted by molar-refractivity contribution is -0.384. The number of benzene rings is 1. The van der Waals surface area contributed by atoms with E-state index >= 15 is 0 Å². The Kier molecular flexibility index (Phi) is 5.50. The molecule has 0 unspecified atom stereocenters. The third-order valence-electron chi connectivity index (χ3n) is 3.81. The van der Waals surface area contributed by atoms with E-state index < -0.39 is 16.6 Å². The molecule has 0 radical (unpaired) electrons. The van der Waals surface area contributed by atoms with Crippen LogP contribution < -0.4 is 5.32 Å². The summed E-state index contributed by atoms with van der Waals surface area (Å²) in [4.78, 5) is 30.2. The summed E-state index contributed by atoms with van der Waals surface area (Å²) in [6.07, 6.45) is 5.02. The van der Waals surface area contributed by atoms with Crippen LogP contribution in [0.15, 0.2) is 53.5 Å². The molecular formula is C18H15FN4O4. The molecule has 0 saturated carbocycles. The lowest BCUT2D eigenvalue weighted by Crippen LogP contribution is -2.25. The van der Waals surface area contributed by atoms with Crippen LogP contribution in [-0.4, -0.2) is 27.3 Å². The maximum absolute atomic E-state index is 13.1. The van der Waals surface area contributed by atoms with Crippen LogP contribution in [0.2, 0.25) is 0 Å². The lowest BCUT2D eigenvalue weighted by Gasteiger charge is -2.05. The molecule has 0 spiro atoms. The number of nitrogens with zero attached hydrogens (tertiary/aromatic N) is 3. The second-order valence-electron chi connectivity index (χ2n) is 5.70. The van der Waals surface area contributed by atoms with Gasteiger partial charge in [0.05, 0.1) is 11.1 Å². The van der Waals surface area contributed by atoms with Crippen molar-refractivity contribution < 1.29 is 18.5 Å². The maximum Gasteiger partial charge on any atom is 0.273 e. The molecule has 0 aliphatic rings. The van der Waals surface area contributed by atoms with Gasteiger partial charge in [-0.2, -0.15) is 0 Å².